The van der Waals surface area contributed by atoms with Crippen LogP contribution in [-0.2, 0) is 7.05 Å². The summed E-state index contributed by atoms with van der Waals surface area (Å²) in [6, 6.07) is 3.79. The van der Waals surface area contributed by atoms with Crippen LogP contribution in [0.5, 0.6) is 0 Å². The molecular formula is C9H10N4. The van der Waals surface area contributed by atoms with Crippen molar-refractivity contribution in [1.82, 2.24) is 14.8 Å². The van der Waals surface area contributed by atoms with Crippen LogP contribution in [-0.4, -0.2) is 14.8 Å². The van der Waals surface area contributed by atoms with Crippen molar-refractivity contribution < 1.29 is 0 Å². The summed E-state index contributed by atoms with van der Waals surface area (Å²) < 4.78 is 1.74. The third kappa shape index (κ3) is 1.38. The number of rotatable bonds is 1. The lowest BCUT2D eigenvalue weighted by molar-refractivity contribution is 0.768. The van der Waals surface area contributed by atoms with Crippen molar-refractivity contribution in [2.75, 3.05) is 5.73 Å². The summed E-state index contributed by atoms with van der Waals surface area (Å²) in [4.78, 5) is 4.01. The topological polar surface area (TPSA) is 56.7 Å². The molecule has 0 aliphatic carbocycles. The molecule has 2 aromatic heterocycles. The first-order valence-corrected chi connectivity index (χ1v) is 3.97. The number of hydrogen-bond acceptors (Lipinski definition) is 3. The minimum atomic E-state index is 0.538. The Labute approximate surface area is 76.0 Å². The highest BCUT2D eigenvalue weighted by molar-refractivity contribution is 5.72. The van der Waals surface area contributed by atoms with E-state index in [1.165, 1.54) is 0 Å². The molecule has 0 amide bonds. The van der Waals surface area contributed by atoms with Crippen LogP contribution in [0.4, 0.5) is 5.82 Å². The number of aromatic nitrogens is 3. The molecule has 2 rings (SSSR count). The Hall–Kier alpha value is -1.84. The second-order valence-corrected chi connectivity index (χ2v) is 2.84. The van der Waals surface area contributed by atoms with E-state index in [2.05, 4.69) is 10.1 Å². The van der Waals surface area contributed by atoms with Crippen LogP contribution >= 0.6 is 0 Å². The first-order chi connectivity index (χ1) is 6.27. The van der Waals surface area contributed by atoms with E-state index in [0.29, 0.717) is 5.82 Å². The zero-order valence-corrected chi connectivity index (χ0v) is 7.31. The zero-order chi connectivity index (χ0) is 9.26. The van der Waals surface area contributed by atoms with Gasteiger partial charge in [0.2, 0.25) is 0 Å². The summed E-state index contributed by atoms with van der Waals surface area (Å²) in [5.41, 5.74) is 7.63. The van der Waals surface area contributed by atoms with E-state index in [1.54, 1.807) is 17.1 Å². The number of nitrogen functional groups attached to an aromatic ring is 1. The van der Waals surface area contributed by atoms with Gasteiger partial charge < -0.3 is 5.73 Å². The highest BCUT2D eigenvalue weighted by atomic mass is 15.2. The van der Waals surface area contributed by atoms with Crippen molar-refractivity contribution in [2.24, 2.45) is 7.05 Å². The smallest absolute Gasteiger partial charge is 0.131 e. The Morgan fingerprint density at radius 3 is 2.92 bits per heavy atom. The van der Waals surface area contributed by atoms with Crippen LogP contribution in [0.15, 0.2) is 30.7 Å². The first kappa shape index (κ1) is 7.79. The van der Waals surface area contributed by atoms with Crippen LogP contribution in [0.3, 0.4) is 0 Å². The molecule has 66 valence electrons. The predicted molar refractivity (Wildman–Crippen MR) is 50.9 cm³/mol. The molecule has 2 heterocycles. The van der Waals surface area contributed by atoms with E-state index >= 15 is 0 Å². The summed E-state index contributed by atoms with van der Waals surface area (Å²) in [6.45, 7) is 0. The van der Waals surface area contributed by atoms with E-state index in [9.17, 15) is 0 Å². The number of nitrogens with two attached hydrogens (primary N) is 1. The van der Waals surface area contributed by atoms with Crippen LogP contribution in [0, 0.1) is 0 Å². The molecule has 0 bridgehead atoms. The number of anilines is 1. The lowest BCUT2D eigenvalue weighted by Crippen LogP contribution is -1.92. The SMILES string of the molecule is Cn1cc(-c2cccnc2N)cn1. The molecule has 0 saturated carbocycles. The molecule has 0 radical (unpaired) electrons. The number of hydrogen-bond donors (Lipinski definition) is 1. The molecular weight excluding hydrogens is 164 g/mol. The van der Waals surface area contributed by atoms with E-state index in [4.69, 9.17) is 5.73 Å². The Balaban J connectivity index is 2.52. The van der Waals surface area contributed by atoms with Crippen LogP contribution < -0.4 is 5.73 Å². The fraction of sp³-hybridized carbons (Fsp3) is 0.111. The maximum Gasteiger partial charge on any atom is 0.131 e. The molecule has 0 spiro atoms. The molecule has 0 aliphatic rings. The highest BCUT2D eigenvalue weighted by Crippen LogP contribution is 2.22. The number of aryl methyl sites for hydroxylation is 1. The van der Waals surface area contributed by atoms with Gasteiger partial charge in [-0.15, -0.1) is 0 Å². The Morgan fingerprint density at radius 2 is 2.31 bits per heavy atom. The third-order valence-corrected chi connectivity index (χ3v) is 1.85. The largest absolute Gasteiger partial charge is 0.383 e. The number of pyridine rings is 1. The van der Waals surface area contributed by atoms with Crippen LogP contribution in [0.25, 0.3) is 11.1 Å². The molecule has 0 atom stereocenters. The van der Waals surface area contributed by atoms with Crippen molar-refractivity contribution in [3.8, 4) is 11.1 Å². The minimum absolute atomic E-state index is 0.538. The van der Waals surface area contributed by atoms with Crippen molar-refractivity contribution in [1.29, 1.82) is 0 Å². The summed E-state index contributed by atoms with van der Waals surface area (Å²) in [7, 11) is 1.87. The van der Waals surface area contributed by atoms with Gasteiger partial charge in [0.25, 0.3) is 0 Å². The van der Waals surface area contributed by atoms with Gasteiger partial charge in [-0.1, -0.05) is 0 Å². The van der Waals surface area contributed by atoms with Gasteiger partial charge in [0, 0.05) is 30.6 Å². The van der Waals surface area contributed by atoms with Crippen LogP contribution in [0.2, 0.25) is 0 Å². The Morgan fingerprint density at radius 1 is 1.46 bits per heavy atom. The molecule has 2 N–H and O–H groups in total. The minimum Gasteiger partial charge on any atom is -0.383 e. The summed E-state index contributed by atoms with van der Waals surface area (Å²) >= 11 is 0. The third-order valence-electron chi connectivity index (χ3n) is 1.85. The normalized spacial score (nSPS) is 10.2. The fourth-order valence-corrected chi connectivity index (χ4v) is 1.22. The maximum atomic E-state index is 5.71. The van der Waals surface area contributed by atoms with E-state index < -0.39 is 0 Å². The Kier molecular flexibility index (Phi) is 1.73. The fourth-order valence-electron chi connectivity index (χ4n) is 1.22. The predicted octanol–water partition coefficient (Wildman–Crippen LogP) is 1.06. The van der Waals surface area contributed by atoms with Gasteiger partial charge in [0.15, 0.2) is 0 Å². The van der Waals surface area contributed by atoms with E-state index in [-0.39, 0.29) is 0 Å². The first-order valence-electron chi connectivity index (χ1n) is 3.97. The standard InChI is InChI=1S/C9H10N4/c1-13-6-7(5-12-13)8-3-2-4-11-9(8)10/h2-6H,1H3,(H2,10,11). The monoisotopic (exact) mass is 174 g/mol. The maximum absolute atomic E-state index is 5.71. The highest BCUT2D eigenvalue weighted by Gasteiger charge is 2.03. The summed E-state index contributed by atoms with van der Waals surface area (Å²) in [5.74, 6) is 0.538. The summed E-state index contributed by atoms with van der Waals surface area (Å²) in [6.07, 6.45) is 5.36. The molecule has 13 heavy (non-hydrogen) atoms. The van der Waals surface area contributed by atoms with Gasteiger partial charge in [-0.25, -0.2) is 4.98 Å². The summed E-state index contributed by atoms with van der Waals surface area (Å²) in [5, 5.41) is 4.07. The Bertz CT molecular complexity index is 419. The molecule has 2 aromatic rings. The van der Waals surface area contributed by atoms with Crippen molar-refractivity contribution in [3.63, 3.8) is 0 Å². The van der Waals surface area contributed by atoms with Gasteiger partial charge in [0.1, 0.15) is 5.82 Å². The average molecular weight is 174 g/mol. The van der Waals surface area contributed by atoms with Crippen molar-refractivity contribution >= 4 is 5.82 Å². The van der Waals surface area contributed by atoms with E-state index in [0.717, 1.165) is 11.1 Å². The van der Waals surface area contributed by atoms with Gasteiger partial charge >= 0.3 is 0 Å². The molecule has 0 aromatic carbocycles. The molecule has 4 nitrogen and oxygen atoms in total. The molecule has 0 fully saturated rings. The second kappa shape index (κ2) is 2.90. The van der Waals surface area contributed by atoms with Gasteiger partial charge in [-0.05, 0) is 12.1 Å². The van der Waals surface area contributed by atoms with E-state index in [1.807, 2.05) is 25.4 Å². The zero-order valence-electron chi connectivity index (χ0n) is 7.31. The van der Waals surface area contributed by atoms with Gasteiger partial charge in [-0.2, -0.15) is 5.10 Å². The quantitative estimate of drug-likeness (QED) is 0.703. The van der Waals surface area contributed by atoms with Crippen molar-refractivity contribution in [3.05, 3.63) is 30.7 Å². The molecule has 0 saturated heterocycles. The van der Waals surface area contributed by atoms with Crippen LogP contribution in [0.1, 0.15) is 0 Å². The van der Waals surface area contributed by atoms with Gasteiger partial charge in [0.05, 0.1) is 6.20 Å². The van der Waals surface area contributed by atoms with Gasteiger partial charge in [-0.3, -0.25) is 4.68 Å². The number of nitrogens with zero attached hydrogens (tertiary/aromatic N) is 3. The van der Waals surface area contributed by atoms with Crippen molar-refractivity contribution in [2.45, 2.75) is 0 Å². The molecule has 0 unspecified atom stereocenters. The molecule has 4 heteroatoms. The lowest BCUT2D eigenvalue weighted by Gasteiger charge is -1.99. The lowest BCUT2D eigenvalue weighted by atomic mass is 10.1. The average Bonchev–Trinajstić information content (AvgIpc) is 2.53. The molecule has 0 aliphatic heterocycles. The second-order valence-electron chi connectivity index (χ2n) is 2.84.